The molecule has 31 heavy (non-hydrogen) atoms. The van der Waals surface area contributed by atoms with Crippen molar-refractivity contribution < 1.29 is 17.2 Å². The molecule has 1 aromatic heterocycles. The first-order valence-electron chi connectivity index (χ1n) is 9.76. The van der Waals surface area contributed by atoms with Gasteiger partial charge in [-0.3, -0.25) is 4.72 Å². The second-order valence-corrected chi connectivity index (χ2v) is 8.92. The van der Waals surface area contributed by atoms with Gasteiger partial charge in [-0.15, -0.1) is 0 Å². The van der Waals surface area contributed by atoms with E-state index in [4.69, 9.17) is 0 Å². The van der Waals surface area contributed by atoms with Crippen LogP contribution in [0.5, 0.6) is 0 Å². The van der Waals surface area contributed by atoms with Gasteiger partial charge in [0.15, 0.2) is 0 Å². The molecule has 10 heteroatoms. The van der Waals surface area contributed by atoms with Gasteiger partial charge in [-0.25, -0.2) is 22.2 Å². The highest BCUT2D eigenvalue weighted by molar-refractivity contribution is 7.92. The predicted octanol–water partition coefficient (Wildman–Crippen LogP) is 4.21. The summed E-state index contributed by atoms with van der Waals surface area (Å²) >= 11 is 0. The molecule has 162 valence electrons. The number of sulfonamides is 1. The quantitative estimate of drug-likeness (QED) is 0.591. The minimum atomic E-state index is -4.20. The standard InChI is InChI=1S/C21H21F2N5O2S/c1-14-12-20(28-10-2-3-11-28)26-21(24-14)25-16-5-7-17(8-6-16)27-31(29,30)19-9-4-15(22)13-18(19)23/h4-9,12-13,27H,2-3,10-11H2,1H3,(H,24,25,26). The monoisotopic (exact) mass is 445 g/mol. The number of hydrogen-bond acceptors (Lipinski definition) is 6. The number of nitrogens with one attached hydrogen (secondary N) is 2. The van der Waals surface area contributed by atoms with E-state index in [0.29, 0.717) is 17.7 Å². The van der Waals surface area contributed by atoms with Gasteiger partial charge in [-0.2, -0.15) is 4.98 Å². The Morgan fingerprint density at radius 2 is 1.61 bits per heavy atom. The van der Waals surface area contributed by atoms with Crippen LogP contribution >= 0.6 is 0 Å². The van der Waals surface area contributed by atoms with Gasteiger partial charge in [0.05, 0.1) is 0 Å². The molecule has 0 amide bonds. The first-order chi connectivity index (χ1) is 14.8. The fraction of sp³-hybridized carbons (Fsp3) is 0.238. The molecule has 0 atom stereocenters. The molecule has 2 N–H and O–H groups in total. The SMILES string of the molecule is Cc1cc(N2CCCC2)nc(Nc2ccc(NS(=O)(=O)c3ccc(F)cc3F)cc2)n1. The second kappa shape index (κ2) is 8.46. The lowest BCUT2D eigenvalue weighted by molar-refractivity contribution is 0.551. The molecule has 0 bridgehead atoms. The molecule has 2 heterocycles. The van der Waals surface area contributed by atoms with Crippen LogP contribution in [0.3, 0.4) is 0 Å². The van der Waals surface area contributed by atoms with Crippen LogP contribution in [0.25, 0.3) is 0 Å². The van der Waals surface area contributed by atoms with Gasteiger partial charge in [0, 0.05) is 42.3 Å². The maximum Gasteiger partial charge on any atom is 0.264 e. The van der Waals surface area contributed by atoms with E-state index in [-0.39, 0.29) is 5.69 Å². The van der Waals surface area contributed by atoms with E-state index in [1.54, 1.807) is 12.1 Å². The summed E-state index contributed by atoms with van der Waals surface area (Å²) in [6.45, 7) is 3.84. The summed E-state index contributed by atoms with van der Waals surface area (Å²) < 4.78 is 54.0. The van der Waals surface area contributed by atoms with Crippen molar-refractivity contribution >= 4 is 33.2 Å². The Balaban J connectivity index is 1.48. The molecule has 2 aromatic carbocycles. The van der Waals surface area contributed by atoms with E-state index < -0.39 is 26.6 Å². The van der Waals surface area contributed by atoms with Crippen LogP contribution in [0.1, 0.15) is 18.5 Å². The van der Waals surface area contributed by atoms with Gasteiger partial charge in [0.25, 0.3) is 10.0 Å². The van der Waals surface area contributed by atoms with E-state index in [1.807, 2.05) is 13.0 Å². The first kappa shape index (κ1) is 21.0. The van der Waals surface area contributed by atoms with E-state index >= 15 is 0 Å². The van der Waals surface area contributed by atoms with Crippen LogP contribution in [-0.4, -0.2) is 31.5 Å². The topological polar surface area (TPSA) is 87.2 Å². The molecule has 7 nitrogen and oxygen atoms in total. The molecule has 0 saturated carbocycles. The van der Waals surface area contributed by atoms with Crippen LogP contribution < -0.4 is 14.9 Å². The van der Waals surface area contributed by atoms with Gasteiger partial charge in [0.1, 0.15) is 22.3 Å². The number of nitrogens with zero attached hydrogens (tertiary/aromatic N) is 3. The molecule has 1 fully saturated rings. The number of rotatable bonds is 6. The fourth-order valence-electron chi connectivity index (χ4n) is 3.37. The predicted molar refractivity (Wildman–Crippen MR) is 115 cm³/mol. The van der Waals surface area contributed by atoms with Crippen molar-refractivity contribution in [3.63, 3.8) is 0 Å². The zero-order valence-electron chi connectivity index (χ0n) is 16.8. The minimum Gasteiger partial charge on any atom is -0.356 e. The van der Waals surface area contributed by atoms with E-state index in [1.165, 1.54) is 12.1 Å². The van der Waals surface area contributed by atoms with E-state index in [9.17, 15) is 17.2 Å². The number of aryl methyl sites for hydroxylation is 1. The van der Waals surface area contributed by atoms with Gasteiger partial charge >= 0.3 is 0 Å². The van der Waals surface area contributed by atoms with Gasteiger partial charge in [-0.05, 0) is 56.2 Å². The van der Waals surface area contributed by atoms with Crippen LogP contribution in [0.2, 0.25) is 0 Å². The van der Waals surface area contributed by atoms with Crippen molar-refractivity contribution in [3.8, 4) is 0 Å². The zero-order valence-corrected chi connectivity index (χ0v) is 17.6. The Bertz CT molecular complexity index is 1200. The largest absolute Gasteiger partial charge is 0.356 e. The van der Waals surface area contributed by atoms with Gasteiger partial charge in [0.2, 0.25) is 5.95 Å². The van der Waals surface area contributed by atoms with Crippen LogP contribution in [0.15, 0.2) is 53.4 Å². The maximum absolute atomic E-state index is 13.8. The van der Waals surface area contributed by atoms with Gasteiger partial charge < -0.3 is 10.2 Å². The summed E-state index contributed by atoms with van der Waals surface area (Å²) in [5, 5.41) is 3.12. The summed E-state index contributed by atoms with van der Waals surface area (Å²) in [6, 6.07) is 10.6. The summed E-state index contributed by atoms with van der Waals surface area (Å²) in [4.78, 5) is 10.6. The van der Waals surface area contributed by atoms with E-state index in [2.05, 4.69) is 24.9 Å². The normalized spacial score (nSPS) is 14.0. The lowest BCUT2D eigenvalue weighted by Crippen LogP contribution is -2.19. The lowest BCUT2D eigenvalue weighted by Gasteiger charge is -2.17. The minimum absolute atomic E-state index is 0.234. The summed E-state index contributed by atoms with van der Waals surface area (Å²) in [5.74, 6) is -0.684. The number of aromatic nitrogens is 2. The fourth-order valence-corrected chi connectivity index (χ4v) is 4.49. The summed E-state index contributed by atoms with van der Waals surface area (Å²) in [7, 11) is -4.20. The Hall–Kier alpha value is -3.27. The molecule has 1 saturated heterocycles. The molecule has 1 aliphatic heterocycles. The molecule has 0 aliphatic carbocycles. The van der Waals surface area contributed by atoms with Crippen molar-refractivity contribution in [3.05, 3.63) is 65.9 Å². The number of halogens is 2. The third kappa shape index (κ3) is 4.91. The molecule has 1 aliphatic rings. The molecule has 0 unspecified atom stereocenters. The Kier molecular flexibility index (Phi) is 5.73. The zero-order chi connectivity index (χ0) is 22.0. The third-order valence-corrected chi connectivity index (χ3v) is 6.26. The van der Waals surface area contributed by atoms with Crippen molar-refractivity contribution in [1.29, 1.82) is 0 Å². The van der Waals surface area contributed by atoms with Crippen molar-refractivity contribution in [2.75, 3.05) is 28.0 Å². The van der Waals surface area contributed by atoms with Crippen molar-refractivity contribution in [2.24, 2.45) is 0 Å². The molecule has 0 radical (unpaired) electrons. The lowest BCUT2D eigenvalue weighted by atomic mass is 10.3. The molecular formula is C21H21F2N5O2S. The highest BCUT2D eigenvalue weighted by Gasteiger charge is 2.20. The number of benzene rings is 2. The molecule has 4 rings (SSSR count). The molecule has 3 aromatic rings. The van der Waals surface area contributed by atoms with E-state index in [0.717, 1.165) is 49.6 Å². The average molecular weight is 445 g/mol. The molecule has 0 spiro atoms. The number of anilines is 4. The second-order valence-electron chi connectivity index (χ2n) is 7.27. The van der Waals surface area contributed by atoms with Crippen LogP contribution in [0, 0.1) is 18.6 Å². The average Bonchev–Trinajstić information content (AvgIpc) is 3.23. The Labute approximate surface area is 179 Å². The highest BCUT2D eigenvalue weighted by Crippen LogP contribution is 2.24. The highest BCUT2D eigenvalue weighted by atomic mass is 32.2. The van der Waals surface area contributed by atoms with Crippen molar-refractivity contribution in [1.82, 2.24) is 9.97 Å². The molecular weight excluding hydrogens is 424 g/mol. The third-order valence-electron chi connectivity index (χ3n) is 4.85. The van der Waals surface area contributed by atoms with Crippen molar-refractivity contribution in [2.45, 2.75) is 24.7 Å². The number of hydrogen-bond donors (Lipinski definition) is 2. The maximum atomic E-state index is 13.8. The summed E-state index contributed by atoms with van der Waals surface area (Å²) in [5.41, 5.74) is 1.73. The smallest absolute Gasteiger partial charge is 0.264 e. The van der Waals surface area contributed by atoms with Gasteiger partial charge in [-0.1, -0.05) is 0 Å². The Morgan fingerprint density at radius 1 is 0.935 bits per heavy atom. The summed E-state index contributed by atoms with van der Waals surface area (Å²) in [6.07, 6.45) is 2.29. The first-order valence-corrected chi connectivity index (χ1v) is 11.2. The Morgan fingerprint density at radius 3 is 2.29 bits per heavy atom. The van der Waals surface area contributed by atoms with Crippen LogP contribution in [-0.2, 0) is 10.0 Å². The van der Waals surface area contributed by atoms with Crippen LogP contribution in [0.4, 0.5) is 31.9 Å².